The molecule has 0 aliphatic rings. The van der Waals surface area contributed by atoms with Crippen LogP contribution in [0, 0.1) is 12.7 Å². The summed E-state index contributed by atoms with van der Waals surface area (Å²) in [6, 6.07) is 26.9. The molecule has 1 atom stereocenters. The van der Waals surface area contributed by atoms with Crippen LogP contribution in [0.15, 0.2) is 108 Å². The van der Waals surface area contributed by atoms with Crippen molar-refractivity contribution in [1.82, 2.24) is 10.2 Å². The smallest absolute Gasteiger partial charge is 0.264 e. The number of rotatable bonds is 15. The van der Waals surface area contributed by atoms with Crippen LogP contribution in [0.5, 0.6) is 5.75 Å². The van der Waals surface area contributed by atoms with Gasteiger partial charge in [0.05, 0.1) is 17.2 Å². The van der Waals surface area contributed by atoms with Crippen LogP contribution in [0.25, 0.3) is 0 Å². The number of amides is 2. The van der Waals surface area contributed by atoms with Gasteiger partial charge in [-0.25, -0.2) is 12.8 Å². The first-order valence-corrected chi connectivity index (χ1v) is 16.7. The molecular weight excluding hydrogens is 605 g/mol. The molecule has 0 aliphatic heterocycles. The van der Waals surface area contributed by atoms with Crippen molar-refractivity contribution in [1.29, 1.82) is 0 Å². The van der Waals surface area contributed by atoms with Crippen LogP contribution >= 0.6 is 0 Å². The van der Waals surface area contributed by atoms with Crippen molar-refractivity contribution in [2.45, 2.75) is 51.1 Å². The summed E-state index contributed by atoms with van der Waals surface area (Å²) < 4.78 is 48.5. The van der Waals surface area contributed by atoms with Gasteiger partial charge >= 0.3 is 0 Å². The Balaban J connectivity index is 1.79. The average molecular weight is 646 g/mol. The Bertz CT molecular complexity index is 1700. The van der Waals surface area contributed by atoms with Gasteiger partial charge in [0.25, 0.3) is 10.0 Å². The quantitative estimate of drug-likeness (QED) is 0.174. The number of nitrogens with one attached hydrogen (secondary N) is 1. The van der Waals surface area contributed by atoms with E-state index in [1.54, 1.807) is 24.3 Å². The summed E-state index contributed by atoms with van der Waals surface area (Å²) in [5, 5.41) is 2.94. The molecule has 0 aromatic heterocycles. The molecule has 4 aromatic rings. The fraction of sp³-hybridized carbons (Fsp3) is 0.278. The van der Waals surface area contributed by atoms with E-state index in [2.05, 4.69) is 5.32 Å². The van der Waals surface area contributed by atoms with Crippen LogP contribution in [0.1, 0.15) is 37.0 Å². The van der Waals surface area contributed by atoms with E-state index in [4.69, 9.17) is 4.74 Å². The molecule has 242 valence electrons. The molecule has 2 amide bonds. The van der Waals surface area contributed by atoms with E-state index in [0.717, 1.165) is 45.3 Å². The Labute approximate surface area is 270 Å². The number of sulfonamides is 1. The number of carbonyl (C=O) groups excluding carboxylic acids is 2. The average Bonchev–Trinajstić information content (AvgIpc) is 3.05. The topological polar surface area (TPSA) is 96.0 Å². The number of halogens is 1. The lowest BCUT2D eigenvalue weighted by molar-refractivity contribution is -0.140. The lowest BCUT2D eigenvalue weighted by atomic mass is 10.0. The molecule has 46 heavy (non-hydrogen) atoms. The van der Waals surface area contributed by atoms with Gasteiger partial charge in [-0.05, 0) is 79.9 Å². The molecule has 0 radical (unpaired) electrons. The van der Waals surface area contributed by atoms with Gasteiger partial charge in [-0.1, -0.05) is 67.1 Å². The van der Waals surface area contributed by atoms with Crippen molar-refractivity contribution >= 4 is 27.5 Å². The van der Waals surface area contributed by atoms with Gasteiger partial charge in [-0.2, -0.15) is 0 Å². The minimum absolute atomic E-state index is 0.0747. The van der Waals surface area contributed by atoms with E-state index < -0.39 is 34.3 Å². The van der Waals surface area contributed by atoms with Crippen molar-refractivity contribution in [2.75, 3.05) is 24.0 Å². The van der Waals surface area contributed by atoms with Gasteiger partial charge in [-0.15, -0.1) is 0 Å². The molecular formula is C36H40FN3O5S. The first-order chi connectivity index (χ1) is 22.1. The number of hydrogen-bond donors (Lipinski definition) is 1. The highest BCUT2D eigenvalue weighted by atomic mass is 32.2. The molecule has 0 fully saturated rings. The predicted octanol–water partition coefficient (Wildman–Crippen LogP) is 5.89. The molecule has 0 spiro atoms. The third-order valence-corrected chi connectivity index (χ3v) is 9.16. The van der Waals surface area contributed by atoms with Crippen LogP contribution in [-0.4, -0.2) is 50.9 Å². The van der Waals surface area contributed by atoms with E-state index in [1.807, 2.05) is 75.4 Å². The fourth-order valence-corrected chi connectivity index (χ4v) is 6.48. The van der Waals surface area contributed by atoms with Crippen molar-refractivity contribution in [3.63, 3.8) is 0 Å². The maximum Gasteiger partial charge on any atom is 0.264 e. The second-order valence-electron chi connectivity index (χ2n) is 10.9. The van der Waals surface area contributed by atoms with Crippen molar-refractivity contribution in [3.05, 3.63) is 126 Å². The Hall–Kier alpha value is -4.70. The molecule has 4 aromatic carbocycles. The summed E-state index contributed by atoms with van der Waals surface area (Å²) in [4.78, 5) is 29.5. The van der Waals surface area contributed by atoms with Crippen LogP contribution < -0.4 is 14.4 Å². The molecule has 0 saturated carbocycles. The third kappa shape index (κ3) is 8.94. The summed E-state index contributed by atoms with van der Waals surface area (Å²) in [5.74, 6) is -0.962. The minimum Gasteiger partial charge on any atom is -0.494 e. The Morgan fingerprint density at radius 3 is 2.17 bits per heavy atom. The molecule has 10 heteroatoms. The normalized spacial score (nSPS) is 11.8. The molecule has 0 saturated heterocycles. The van der Waals surface area contributed by atoms with Crippen LogP contribution in [0.2, 0.25) is 0 Å². The van der Waals surface area contributed by atoms with E-state index in [-0.39, 0.29) is 29.5 Å². The lowest BCUT2D eigenvalue weighted by Crippen LogP contribution is -2.53. The van der Waals surface area contributed by atoms with Gasteiger partial charge in [-0.3, -0.25) is 13.9 Å². The number of hydrogen-bond acceptors (Lipinski definition) is 5. The first-order valence-electron chi connectivity index (χ1n) is 15.3. The second-order valence-corrected chi connectivity index (χ2v) is 12.8. The summed E-state index contributed by atoms with van der Waals surface area (Å²) in [5.41, 5.74) is 2.84. The highest BCUT2D eigenvalue weighted by Gasteiger charge is 2.34. The van der Waals surface area contributed by atoms with Crippen molar-refractivity contribution in [2.24, 2.45) is 0 Å². The molecule has 0 unspecified atom stereocenters. The first kappa shape index (κ1) is 34.2. The summed E-state index contributed by atoms with van der Waals surface area (Å²) >= 11 is 0. The SMILES string of the molecule is CCCNC(=O)[C@@H](Cc1ccccc1)N(Cc1cccc(C)c1)C(=O)CN(c1ccc(OCC)cc1)S(=O)(=O)c1ccc(F)cc1. The molecule has 4 rings (SSSR count). The Morgan fingerprint density at radius 2 is 1.54 bits per heavy atom. The van der Waals surface area contributed by atoms with Gasteiger partial charge in [0, 0.05) is 19.5 Å². The van der Waals surface area contributed by atoms with Gasteiger partial charge < -0.3 is 15.0 Å². The Morgan fingerprint density at radius 1 is 0.870 bits per heavy atom. The standard InChI is InChI=1S/C36H40FN3O5S/c1-4-22-38-36(42)34(24-28-11-7-6-8-12-28)39(25-29-13-9-10-27(3)23-29)35(41)26-40(31-16-18-32(19-17-31)45-5-2)46(43,44)33-20-14-30(37)15-21-33/h6-21,23,34H,4-5,22,24-26H2,1-3H3,(H,38,42)/t34-/m1/s1. The second kappa shape index (κ2) is 16.0. The van der Waals surface area contributed by atoms with E-state index in [0.29, 0.717) is 25.3 Å². The number of aryl methyl sites for hydroxylation is 1. The number of ether oxygens (including phenoxy) is 1. The molecule has 0 heterocycles. The number of anilines is 1. The van der Waals surface area contributed by atoms with Gasteiger partial charge in [0.2, 0.25) is 11.8 Å². The Kier molecular flexibility index (Phi) is 11.9. The maximum absolute atomic E-state index is 14.5. The van der Waals surface area contributed by atoms with Crippen LogP contribution in [0.4, 0.5) is 10.1 Å². The fourth-order valence-electron chi connectivity index (χ4n) is 5.06. The monoisotopic (exact) mass is 645 g/mol. The van der Waals surface area contributed by atoms with Gasteiger partial charge in [0.15, 0.2) is 0 Å². The number of nitrogens with zero attached hydrogens (tertiary/aromatic N) is 2. The third-order valence-electron chi connectivity index (χ3n) is 7.37. The van der Waals surface area contributed by atoms with Gasteiger partial charge in [0.1, 0.15) is 24.2 Å². The highest BCUT2D eigenvalue weighted by molar-refractivity contribution is 7.92. The highest BCUT2D eigenvalue weighted by Crippen LogP contribution is 2.27. The zero-order valence-corrected chi connectivity index (χ0v) is 27.2. The minimum atomic E-state index is -4.35. The molecule has 8 nitrogen and oxygen atoms in total. The van der Waals surface area contributed by atoms with Crippen molar-refractivity contribution in [3.8, 4) is 5.75 Å². The predicted molar refractivity (Wildman–Crippen MR) is 178 cm³/mol. The maximum atomic E-state index is 14.5. The summed E-state index contributed by atoms with van der Waals surface area (Å²) in [6.45, 7) is 6.03. The largest absolute Gasteiger partial charge is 0.494 e. The molecule has 1 N–H and O–H groups in total. The lowest BCUT2D eigenvalue weighted by Gasteiger charge is -2.34. The zero-order chi connectivity index (χ0) is 33.1. The number of carbonyl (C=O) groups is 2. The summed E-state index contributed by atoms with van der Waals surface area (Å²) in [6.07, 6.45) is 0.929. The van der Waals surface area contributed by atoms with Crippen LogP contribution in [0.3, 0.4) is 0 Å². The van der Waals surface area contributed by atoms with Crippen molar-refractivity contribution < 1.29 is 27.1 Å². The van der Waals surface area contributed by atoms with Crippen LogP contribution in [-0.2, 0) is 32.6 Å². The summed E-state index contributed by atoms with van der Waals surface area (Å²) in [7, 11) is -4.35. The zero-order valence-electron chi connectivity index (χ0n) is 26.4. The molecule has 0 bridgehead atoms. The van der Waals surface area contributed by atoms with E-state index in [9.17, 15) is 22.4 Å². The molecule has 0 aliphatic carbocycles. The van der Waals surface area contributed by atoms with E-state index in [1.165, 1.54) is 4.90 Å². The van der Waals surface area contributed by atoms with E-state index >= 15 is 0 Å². The number of benzene rings is 4.